The lowest BCUT2D eigenvalue weighted by Crippen LogP contribution is -2.05. The first-order valence-corrected chi connectivity index (χ1v) is 9.77. The van der Waals surface area contributed by atoms with E-state index in [0.29, 0.717) is 17.2 Å². The van der Waals surface area contributed by atoms with E-state index in [-0.39, 0.29) is 6.01 Å². The SMILES string of the molecule is C=C/C=C\C(=C/C)C(=C)SC(/C(CC)=N/Oc1nc(C)cc(C)n1)=C(\C)Cl. The lowest BCUT2D eigenvalue weighted by Gasteiger charge is -2.12. The number of allylic oxidation sites excluding steroid dienone is 7. The van der Waals surface area contributed by atoms with Gasteiger partial charge in [0.2, 0.25) is 0 Å². The molecule has 144 valence electrons. The van der Waals surface area contributed by atoms with Crippen molar-refractivity contribution in [1.29, 1.82) is 0 Å². The van der Waals surface area contributed by atoms with Crippen molar-refractivity contribution < 1.29 is 4.84 Å². The van der Waals surface area contributed by atoms with E-state index in [1.54, 1.807) is 6.08 Å². The minimum Gasteiger partial charge on any atom is -0.315 e. The molecule has 4 nitrogen and oxygen atoms in total. The molecule has 1 aromatic rings. The third-order valence-electron chi connectivity index (χ3n) is 3.38. The van der Waals surface area contributed by atoms with Crippen LogP contribution in [0.5, 0.6) is 6.01 Å². The summed E-state index contributed by atoms with van der Waals surface area (Å²) in [5, 5.41) is 4.87. The number of aromatic nitrogens is 2. The highest BCUT2D eigenvalue weighted by Crippen LogP contribution is 2.35. The van der Waals surface area contributed by atoms with E-state index >= 15 is 0 Å². The van der Waals surface area contributed by atoms with Gasteiger partial charge in [-0.15, -0.1) is 0 Å². The number of aryl methyl sites for hydroxylation is 2. The van der Waals surface area contributed by atoms with Crippen molar-refractivity contribution in [3.8, 4) is 6.01 Å². The Hall–Kier alpha value is -2.11. The molecule has 0 aliphatic heterocycles. The van der Waals surface area contributed by atoms with E-state index in [4.69, 9.17) is 16.4 Å². The van der Waals surface area contributed by atoms with Crippen molar-refractivity contribution in [3.05, 3.63) is 75.3 Å². The molecular weight excluding hydrogens is 378 g/mol. The summed E-state index contributed by atoms with van der Waals surface area (Å²) in [4.78, 5) is 15.6. The van der Waals surface area contributed by atoms with Gasteiger partial charge < -0.3 is 4.84 Å². The second kappa shape index (κ2) is 11.6. The van der Waals surface area contributed by atoms with Crippen LogP contribution in [0.1, 0.15) is 38.6 Å². The predicted octanol–water partition coefficient (Wildman–Crippen LogP) is 6.64. The summed E-state index contributed by atoms with van der Waals surface area (Å²) in [6.07, 6.45) is 8.17. The van der Waals surface area contributed by atoms with E-state index in [9.17, 15) is 0 Å². The van der Waals surface area contributed by atoms with Crippen LogP contribution in [-0.4, -0.2) is 15.7 Å². The second-order valence-corrected chi connectivity index (χ2v) is 7.31. The molecule has 0 aliphatic rings. The predicted molar refractivity (Wildman–Crippen MR) is 118 cm³/mol. The van der Waals surface area contributed by atoms with Gasteiger partial charge in [0.1, 0.15) is 0 Å². The molecule has 1 aromatic heterocycles. The molecule has 0 amide bonds. The zero-order valence-electron chi connectivity index (χ0n) is 16.5. The zero-order chi connectivity index (χ0) is 20.4. The molecule has 0 fully saturated rings. The number of nitrogens with zero attached hydrogens (tertiary/aromatic N) is 3. The topological polar surface area (TPSA) is 47.4 Å². The van der Waals surface area contributed by atoms with Gasteiger partial charge in [-0.25, -0.2) is 0 Å². The van der Waals surface area contributed by atoms with E-state index < -0.39 is 0 Å². The van der Waals surface area contributed by atoms with Gasteiger partial charge in [-0.3, -0.25) is 0 Å². The molecule has 6 heteroatoms. The summed E-state index contributed by atoms with van der Waals surface area (Å²) in [6.45, 7) is 17.4. The highest BCUT2D eigenvalue weighted by Gasteiger charge is 2.14. The average Bonchev–Trinajstić information content (AvgIpc) is 2.60. The lowest BCUT2D eigenvalue weighted by atomic mass is 10.2. The molecule has 27 heavy (non-hydrogen) atoms. The summed E-state index contributed by atoms with van der Waals surface area (Å²) < 4.78 is 0. The first-order chi connectivity index (χ1) is 12.8. The molecule has 0 atom stereocenters. The molecule has 0 saturated carbocycles. The Balaban J connectivity index is 3.09. The molecule has 0 spiro atoms. The molecule has 0 radical (unpaired) electrons. The van der Waals surface area contributed by atoms with Gasteiger partial charge in [-0.1, -0.05) is 72.9 Å². The Labute approximate surface area is 171 Å². The minimum atomic E-state index is 0.219. The monoisotopic (exact) mass is 403 g/mol. The minimum absolute atomic E-state index is 0.219. The highest BCUT2D eigenvalue weighted by molar-refractivity contribution is 8.07. The van der Waals surface area contributed by atoms with Gasteiger partial charge >= 0.3 is 6.01 Å². The molecule has 0 saturated heterocycles. The van der Waals surface area contributed by atoms with Crippen molar-refractivity contribution in [1.82, 2.24) is 9.97 Å². The van der Waals surface area contributed by atoms with E-state index in [1.165, 1.54) is 11.8 Å². The van der Waals surface area contributed by atoms with Gasteiger partial charge in [0, 0.05) is 21.3 Å². The number of rotatable bonds is 9. The Bertz CT molecular complexity index is 798. The zero-order valence-corrected chi connectivity index (χ0v) is 18.1. The fourth-order valence-corrected chi connectivity index (χ4v) is 3.34. The molecule has 1 heterocycles. The smallest absolute Gasteiger partial charge is 0.315 e. The van der Waals surface area contributed by atoms with Crippen molar-refractivity contribution in [2.24, 2.45) is 5.16 Å². The fraction of sp³-hybridized carbons (Fsp3) is 0.286. The third-order valence-corrected chi connectivity index (χ3v) is 4.91. The number of oxime groups is 1. The standard InChI is InChI=1S/C21H26ClN3OS/c1-8-11-12-18(9-2)17(7)27-20(16(6)22)19(10-3)25-26-21-23-14(4)13-15(5)24-21/h8-9,11-13H,1,7,10H2,2-6H3/b12-11-,18-9+,20-16+,25-19+. The quantitative estimate of drug-likeness (QED) is 0.263. The van der Waals surface area contributed by atoms with Crippen molar-refractivity contribution >= 4 is 29.1 Å². The van der Waals surface area contributed by atoms with Crippen LogP contribution in [0.15, 0.2) is 69.1 Å². The molecular formula is C21H26ClN3OS. The van der Waals surface area contributed by atoms with Crippen LogP contribution >= 0.6 is 23.4 Å². The van der Waals surface area contributed by atoms with E-state index in [1.807, 2.05) is 58.9 Å². The molecule has 0 aliphatic carbocycles. The fourth-order valence-electron chi connectivity index (χ4n) is 2.13. The van der Waals surface area contributed by atoms with Crippen molar-refractivity contribution in [2.75, 3.05) is 0 Å². The van der Waals surface area contributed by atoms with Gasteiger partial charge in [0.15, 0.2) is 0 Å². The maximum absolute atomic E-state index is 6.34. The molecule has 0 N–H and O–H groups in total. The van der Waals surface area contributed by atoms with Crippen LogP contribution in [0.3, 0.4) is 0 Å². The number of hydrogen-bond acceptors (Lipinski definition) is 5. The van der Waals surface area contributed by atoms with Crippen LogP contribution < -0.4 is 4.84 Å². The summed E-state index contributed by atoms with van der Waals surface area (Å²) >= 11 is 7.80. The molecule has 1 rings (SSSR count). The van der Waals surface area contributed by atoms with Gasteiger partial charge in [0.05, 0.1) is 10.6 Å². The maximum atomic E-state index is 6.34. The van der Waals surface area contributed by atoms with Crippen molar-refractivity contribution in [2.45, 2.75) is 41.0 Å². The van der Waals surface area contributed by atoms with Gasteiger partial charge in [-0.2, -0.15) is 9.97 Å². The number of halogens is 1. The number of hydrogen-bond donors (Lipinski definition) is 0. The van der Waals surface area contributed by atoms with Crippen LogP contribution in [0.2, 0.25) is 0 Å². The molecule has 0 bridgehead atoms. The van der Waals surface area contributed by atoms with Gasteiger partial charge in [0.25, 0.3) is 0 Å². The Morgan fingerprint density at radius 3 is 2.44 bits per heavy atom. The first kappa shape index (κ1) is 22.9. The van der Waals surface area contributed by atoms with Crippen LogP contribution in [-0.2, 0) is 0 Å². The van der Waals surface area contributed by atoms with Crippen LogP contribution in [0, 0.1) is 13.8 Å². The largest absolute Gasteiger partial charge is 0.346 e. The summed E-state index contributed by atoms with van der Waals surface area (Å²) in [7, 11) is 0. The highest BCUT2D eigenvalue weighted by atomic mass is 35.5. The third kappa shape index (κ3) is 7.57. The Morgan fingerprint density at radius 1 is 1.33 bits per heavy atom. The van der Waals surface area contributed by atoms with E-state index in [2.05, 4.69) is 28.3 Å². The molecule has 0 aromatic carbocycles. The van der Waals surface area contributed by atoms with Crippen molar-refractivity contribution in [3.63, 3.8) is 0 Å². The Kier molecular flexibility index (Phi) is 9.83. The van der Waals surface area contributed by atoms with Gasteiger partial charge in [-0.05, 0) is 45.8 Å². The van der Waals surface area contributed by atoms with Crippen LogP contribution in [0.4, 0.5) is 0 Å². The number of thioether (sulfide) groups is 1. The normalized spacial score (nSPS) is 13.6. The second-order valence-electron chi connectivity index (χ2n) is 5.64. The average molecular weight is 404 g/mol. The summed E-state index contributed by atoms with van der Waals surface area (Å²) in [5.74, 6) is 0. The Morgan fingerprint density at radius 2 is 1.96 bits per heavy atom. The molecule has 0 unspecified atom stereocenters. The van der Waals surface area contributed by atoms with E-state index in [0.717, 1.165) is 26.8 Å². The first-order valence-electron chi connectivity index (χ1n) is 8.57. The van der Waals surface area contributed by atoms with Crippen LogP contribution in [0.25, 0.3) is 0 Å². The summed E-state index contributed by atoms with van der Waals surface area (Å²) in [5.41, 5.74) is 3.35. The summed E-state index contributed by atoms with van der Waals surface area (Å²) in [6, 6.07) is 2.10. The lowest BCUT2D eigenvalue weighted by molar-refractivity contribution is 0.310. The maximum Gasteiger partial charge on any atom is 0.346 e.